The quantitative estimate of drug-likeness (QED) is 0.407. The van der Waals surface area contributed by atoms with Gasteiger partial charge in [-0.1, -0.05) is 24.3 Å². The number of benzene rings is 2. The minimum atomic E-state index is -0.898. The van der Waals surface area contributed by atoms with Crippen LogP contribution < -0.4 is 10.6 Å². The highest BCUT2D eigenvalue weighted by atomic mass is 32.1. The normalized spacial score (nSPS) is 12.8. The van der Waals surface area contributed by atoms with Crippen LogP contribution in [-0.2, 0) is 25.7 Å². The van der Waals surface area contributed by atoms with Crippen molar-refractivity contribution in [1.29, 1.82) is 0 Å². The van der Waals surface area contributed by atoms with Crippen LogP contribution in [0.15, 0.2) is 48.5 Å². The molecule has 32 heavy (non-hydrogen) atoms. The first-order valence-electron chi connectivity index (χ1n) is 11.1. The highest BCUT2D eigenvalue weighted by molar-refractivity contribution is 7.16. The molecular weight excluding hydrogens is 420 g/mol. The number of carbonyl (C=O) groups is 2. The fourth-order valence-electron chi connectivity index (χ4n) is 4.24. The van der Waals surface area contributed by atoms with E-state index in [2.05, 4.69) is 22.8 Å². The van der Waals surface area contributed by atoms with Gasteiger partial charge in [-0.25, -0.2) is 4.79 Å². The van der Waals surface area contributed by atoms with Gasteiger partial charge in [-0.2, -0.15) is 0 Å². The molecule has 0 aliphatic heterocycles. The highest BCUT2D eigenvalue weighted by Crippen LogP contribution is 2.38. The molecule has 1 aliphatic rings. The van der Waals surface area contributed by atoms with Crippen LogP contribution in [0.25, 0.3) is 0 Å². The van der Waals surface area contributed by atoms with Gasteiger partial charge in [-0.05, 0) is 85.9 Å². The standard InChI is InChI=1S/C26H28N2O3S/c1-27-25-23(21-7-2-3-8-22(21)32-25)24(29)28-20-15-11-18(12-16-20)6-4-5-17-9-13-19(14-10-17)26(30)31/h9-16,27H,2-8H2,1H3,(H,28,29)(H,30,31). The van der Waals surface area contributed by atoms with E-state index in [9.17, 15) is 9.59 Å². The molecule has 0 spiro atoms. The average Bonchev–Trinajstić information content (AvgIpc) is 3.19. The summed E-state index contributed by atoms with van der Waals surface area (Å²) in [5.74, 6) is -0.934. The van der Waals surface area contributed by atoms with Crippen molar-refractivity contribution in [2.45, 2.75) is 44.9 Å². The van der Waals surface area contributed by atoms with Crippen molar-refractivity contribution < 1.29 is 14.7 Å². The van der Waals surface area contributed by atoms with Gasteiger partial charge in [0.1, 0.15) is 5.00 Å². The molecule has 0 atom stereocenters. The van der Waals surface area contributed by atoms with Crippen molar-refractivity contribution in [3.05, 3.63) is 81.2 Å². The minimum Gasteiger partial charge on any atom is -0.478 e. The van der Waals surface area contributed by atoms with E-state index in [0.29, 0.717) is 5.56 Å². The molecule has 0 radical (unpaired) electrons. The highest BCUT2D eigenvalue weighted by Gasteiger charge is 2.24. The third-order valence-electron chi connectivity index (χ3n) is 5.97. The Morgan fingerprint density at radius 3 is 2.19 bits per heavy atom. The Labute approximate surface area is 192 Å². The Morgan fingerprint density at radius 2 is 1.56 bits per heavy atom. The zero-order chi connectivity index (χ0) is 22.5. The molecule has 6 heteroatoms. The maximum Gasteiger partial charge on any atom is 0.335 e. The maximum atomic E-state index is 13.0. The van der Waals surface area contributed by atoms with Crippen molar-refractivity contribution in [1.82, 2.24) is 0 Å². The molecule has 4 rings (SSSR count). The molecule has 1 aromatic heterocycles. The summed E-state index contributed by atoms with van der Waals surface area (Å²) in [6, 6.07) is 15.1. The van der Waals surface area contributed by atoms with E-state index >= 15 is 0 Å². The molecule has 0 fully saturated rings. The predicted molar refractivity (Wildman–Crippen MR) is 130 cm³/mol. The van der Waals surface area contributed by atoms with E-state index in [4.69, 9.17) is 5.11 Å². The predicted octanol–water partition coefficient (Wildman–Crippen LogP) is 5.79. The number of aromatic carboxylic acids is 1. The smallest absolute Gasteiger partial charge is 0.335 e. The van der Waals surface area contributed by atoms with Crippen molar-refractivity contribution in [3.8, 4) is 0 Å². The molecule has 3 aromatic rings. The number of nitrogens with one attached hydrogen (secondary N) is 2. The number of carboxylic acids is 1. The Bertz CT molecular complexity index is 1100. The molecule has 3 N–H and O–H groups in total. The van der Waals surface area contributed by atoms with Crippen molar-refractivity contribution >= 4 is 33.9 Å². The van der Waals surface area contributed by atoms with E-state index in [-0.39, 0.29) is 5.91 Å². The largest absolute Gasteiger partial charge is 0.478 e. The second-order valence-corrected chi connectivity index (χ2v) is 9.28. The zero-order valence-corrected chi connectivity index (χ0v) is 19.1. The summed E-state index contributed by atoms with van der Waals surface area (Å²) in [6.45, 7) is 0. The van der Waals surface area contributed by atoms with Gasteiger partial charge < -0.3 is 15.7 Å². The van der Waals surface area contributed by atoms with E-state index in [1.54, 1.807) is 23.5 Å². The van der Waals surface area contributed by atoms with Crippen molar-refractivity contribution in [2.75, 3.05) is 17.7 Å². The number of amides is 1. The van der Waals surface area contributed by atoms with Crippen LogP contribution in [0.2, 0.25) is 0 Å². The van der Waals surface area contributed by atoms with Crippen LogP contribution in [0, 0.1) is 0 Å². The number of hydrogen-bond donors (Lipinski definition) is 3. The topological polar surface area (TPSA) is 78.4 Å². The van der Waals surface area contributed by atoms with Gasteiger partial charge in [0.05, 0.1) is 11.1 Å². The van der Waals surface area contributed by atoms with Crippen molar-refractivity contribution in [3.63, 3.8) is 0 Å². The van der Waals surface area contributed by atoms with Crippen LogP contribution in [0.3, 0.4) is 0 Å². The van der Waals surface area contributed by atoms with Crippen LogP contribution in [0.1, 0.15) is 61.5 Å². The first-order chi connectivity index (χ1) is 15.5. The molecule has 0 saturated heterocycles. The molecule has 0 unspecified atom stereocenters. The third kappa shape index (κ3) is 5.02. The number of fused-ring (bicyclic) bond motifs is 1. The average molecular weight is 449 g/mol. The lowest BCUT2D eigenvalue weighted by Crippen LogP contribution is -2.16. The van der Waals surface area contributed by atoms with Gasteiger partial charge in [0.25, 0.3) is 5.91 Å². The Kier molecular flexibility index (Phi) is 6.90. The number of aryl methyl sites for hydroxylation is 3. The number of rotatable bonds is 8. The lowest BCUT2D eigenvalue weighted by Gasteiger charge is -2.13. The maximum absolute atomic E-state index is 13.0. The van der Waals surface area contributed by atoms with Crippen molar-refractivity contribution in [2.24, 2.45) is 0 Å². The van der Waals surface area contributed by atoms with E-state index in [1.165, 1.54) is 22.4 Å². The SMILES string of the molecule is CNc1sc2c(c1C(=O)Nc1ccc(CCCc3ccc(C(=O)O)cc3)cc1)CCCC2. The summed E-state index contributed by atoms with van der Waals surface area (Å²) >= 11 is 1.71. The lowest BCUT2D eigenvalue weighted by molar-refractivity contribution is 0.0696. The van der Waals surface area contributed by atoms with Gasteiger partial charge in [-0.3, -0.25) is 4.79 Å². The number of carbonyl (C=O) groups excluding carboxylic acids is 1. The summed E-state index contributed by atoms with van der Waals surface area (Å²) in [5.41, 5.74) is 5.51. The third-order valence-corrected chi connectivity index (χ3v) is 7.28. The zero-order valence-electron chi connectivity index (χ0n) is 18.2. The Hall–Kier alpha value is -3.12. The number of hydrogen-bond acceptors (Lipinski definition) is 4. The van der Waals surface area contributed by atoms with Crippen LogP contribution in [-0.4, -0.2) is 24.0 Å². The van der Waals surface area contributed by atoms with Crippen LogP contribution in [0.4, 0.5) is 10.7 Å². The number of carboxylic acid groups (broad SMARTS) is 1. The molecule has 166 valence electrons. The fourth-order valence-corrected chi connectivity index (χ4v) is 5.48. The van der Waals surface area contributed by atoms with Crippen LogP contribution >= 0.6 is 11.3 Å². The first kappa shape index (κ1) is 22.1. The molecule has 1 heterocycles. The molecule has 2 aromatic carbocycles. The van der Waals surface area contributed by atoms with Gasteiger partial charge >= 0.3 is 5.97 Å². The molecule has 5 nitrogen and oxygen atoms in total. The molecule has 1 amide bonds. The fraction of sp³-hybridized carbons (Fsp3) is 0.308. The van der Waals surface area contributed by atoms with Crippen LogP contribution in [0.5, 0.6) is 0 Å². The lowest BCUT2D eigenvalue weighted by atomic mass is 9.95. The second kappa shape index (κ2) is 10.0. The summed E-state index contributed by atoms with van der Waals surface area (Å²) in [7, 11) is 1.88. The summed E-state index contributed by atoms with van der Waals surface area (Å²) < 4.78 is 0. The second-order valence-electron chi connectivity index (χ2n) is 8.17. The van der Waals surface area contributed by atoms with E-state index in [1.807, 2.05) is 31.3 Å². The molecular formula is C26H28N2O3S. The Morgan fingerprint density at radius 1 is 0.938 bits per heavy atom. The first-order valence-corrected chi connectivity index (χ1v) is 11.9. The Balaban J connectivity index is 1.33. The molecule has 0 bridgehead atoms. The van der Waals surface area contributed by atoms with E-state index < -0.39 is 5.97 Å². The molecule has 1 aliphatic carbocycles. The monoisotopic (exact) mass is 448 g/mol. The molecule has 0 saturated carbocycles. The number of thiophene rings is 1. The van der Waals surface area contributed by atoms with Gasteiger partial charge in [-0.15, -0.1) is 11.3 Å². The van der Waals surface area contributed by atoms with Gasteiger partial charge in [0, 0.05) is 17.6 Å². The van der Waals surface area contributed by atoms with Gasteiger partial charge in [0.2, 0.25) is 0 Å². The minimum absolute atomic E-state index is 0.0358. The summed E-state index contributed by atoms with van der Waals surface area (Å²) in [6.07, 6.45) is 7.20. The van der Waals surface area contributed by atoms with Gasteiger partial charge in [0.15, 0.2) is 0 Å². The number of anilines is 2. The summed E-state index contributed by atoms with van der Waals surface area (Å²) in [4.78, 5) is 25.3. The summed E-state index contributed by atoms with van der Waals surface area (Å²) in [5, 5.41) is 16.2. The van der Waals surface area contributed by atoms with E-state index in [0.717, 1.165) is 60.3 Å².